The minimum atomic E-state index is 0.742. The van der Waals surface area contributed by atoms with Crippen LogP contribution in [0.3, 0.4) is 0 Å². The smallest absolute Gasteiger partial charge is 0.139 e. The summed E-state index contributed by atoms with van der Waals surface area (Å²) in [7, 11) is 0. The van der Waals surface area contributed by atoms with E-state index in [1.165, 1.54) is 0 Å². The van der Waals surface area contributed by atoms with Gasteiger partial charge in [0.15, 0.2) is 0 Å². The number of hydrogen-bond acceptors (Lipinski definition) is 4. The van der Waals surface area contributed by atoms with Crippen LogP contribution in [0.1, 0.15) is 0 Å². The molecule has 0 saturated carbocycles. The van der Waals surface area contributed by atoms with E-state index >= 15 is 0 Å². The number of fused-ring (bicyclic) bond motifs is 4. The van der Waals surface area contributed by atoms with E-state index in [0.717, 1.165) is 44.2 Å². The van der Waals surface area contributed by atoms with Crippen LogP contribution in [-0.2, 0) is 0 Å². The van der Waals surface area contributed by atoms with Gasteiger partial charge in [0, 0.05) is 28.4 Å². The minimum absolute atomic E-state index is 0.742. The molecule has 0 amide bonds. The monoisotopic (exact) mass is 297 g/mol. The molecule has 0 bridgehead atoms. The van der Waals surface area contributed by atoms with Crippen LogP contribution in [0, 0.1) is 0 Å². The van der Waals surface area contributed by atoms with Gasteiger partial charge in [-0.05, 0) is 18.2 Å². The molecule has 0 N–H and O–H groups in total. The SMILES string of the molecule is c1ccc2nnc(-c3cc4oc5ccccc5c4cn3)cc2c1. The average Bonchev–Trinajstić information content (AvgIpc) is 2.99. The maximum absolute atomic E-state index is 5.91. The van der Waals surface area contributed by atoms with Crippen LogP contribution in [0.5, 0.6) is 0 Å². The molecule has 23 heavy (non-hydrogen) atoms. The van der Waals surface area contributed by atoms with E-state index < -0.39 is 0 Å². The van der Waals surface area contributed by atoms with E-state index in [9.17, 15) is 0 Å². The van der Waals surface area contributed by atoms with E-state index in [2.05, 4.69) is 15.2 Å². The van der Waals surface area contributed by atoms with Gasteiger partial charge in [-0.2, -0.15) is 0 Å². The van der Waals surface area contributed by atoms with Gasteiger partial charge < -0.3 is 4.42 Å². The van der Waals surface area contributed by atoms with E-state index in [0.29, 0.717) is 0 Å². The van der Waals surface area contributed by atoms with Crippen molar-refractivity contribution in [2.45, 2.75) is 0 Å². The van der Waals surface area contributed by atoms with Gasteiger partial charge in [-0.1, -0.05) is 36.4 Å². The molecule has 0 saturated heterocycles. The van der Waals surface area contributed by atoms with Crippen molar-refractivity contribution in [1.29, 1.82) is 0 Å². The molecule has 3 heterocycles. The molecular weight excluding hydrogens is 286 g/mol. The number of benzene rings is 2. The number of aromatic nitrogens is 3. The first kappa shape index (κ1) is 12.3. The topological polar surface area (TPSA) is 51.8 Å². The van der Waals surface area contributed by atoms with Crippen molar-refractivity contribution in [2.75, 3.05) is 0 Å². The number of para-hydroxylation sites is 1. The van der Waals surface area contributed by atoms with Crippen molar-refractivity contribution in [3.05, 3.63) is 66.9 Å². The highest BCUT2D eigenvalue weighted by molar-refractivity contribution is 6.05. The third-order valence-electron chi connectivity index (χ3n) is 4.02. The first-order chi connectivity index (χ1) is 11.4. The fourth-order valence-corrected chi connectivity index (χ4v) is 2.87. The fourth-order valence-electron chi connectivity index (χ4n) is 2.87. The molecule has 0 aliphatic carbocycles. The second-order valence-electron chi connectivity index (χ2n) is 5.45. The summed E-state index contributed by atoms with van der Waals surface area (Å²) in [5.74, 6) is 0. The lowest BCUT2D eigenvalue weighted by atomic mass is 10.1. The molecule has 5 rings (SSSR count). The Morgan fingerprint density at radius 3 is 2.57 bits per heavy atom. The second-order valence-corrected chi connectivity index (χ2v) is 5.45. The first-order valence-corrected chi connectivity index (χ1v) is 7.39. The number of hydrogen-bond donors (Lipinski definition) is 0. The number of furan rings is 1. The zero-order valence-corrected chi connectivity index (χ0v) is 12.1. The first-order valence-electron chi connectivity index (χ1n) is 7.39. The van der Waals surface area contributed by atoms with Gasteiger partial charge in [-0.3, -0.25) is 4.98 Å². The highest BCUT2D eigenvalue weighted by atomic mass is 16.3. The van der Waals surface area contributed by atoms with Crippen molar-refractivity contribution in [3.63, 3.8) is 0 Å². The van der Waals surface area contributed by atoms with E-state index in [4.69, 9.17) is 4.42 Å². The summed E-state index contributed by atoms with van der Waals surface area (Å²) in [5.41, 5.74) is 4.05. The second kappa shape index (κ2) is 4.61. The van der Waals surface area contributed by atoms with Crippen molar-refractivity contribution >= 4 is 32.8 Å². The molecule has 0 fully saturated rings. The maximum atomic E-state index is 5.91. The molecule has 108 valence electrons. The highest BCUT2D eigenvalue weighted by Gasteiger charge is 2.10. The zero-order valence-electron chi connectivity index (χ0n) is 12.1. The van der Waals surface area contributed by atoms with E-state index in [1.807, 2.05) is 66.9 Å². The lowest BCUT2D eigenvalue weighted by Gasteiger charge is -2.01. The molecule has 2 aromatic carbocycles. The van der Waals surface area contributed by atoms with Crippen LogP contribution in [-0.4, -0.2) is 15.2 Å². The lowest BCUT2D eigenvalue weighted by molar-refractivity contribution is 0.668. The molecule has 4 heteroatoms. The summed E-state index contributed by atoms with van der Waals surface area (Å²) < 4.78 is 5.91. The van der Waals surface area contributed by atoms with Gasteiger partial charge in [0.2, 0.25) is 0 Å². The Hall–Kier alpha value is -3.27. The number of nitrogens with zero attached hydrogens (tertiary/aromatic N) is 3. The number of pyridine rings is 1. The summed E-state index contributed by atoms with van der Waals surface area (Å²) in [6.07, 6.45) is 1.84. The third kappa shape index (κ3) is 1.89. The average molecular weight is 297 g/mol. The predicted octanol–water partition coefficient (Wildman–Crippen LogP) is 4.59. The lowest BCUT2D eigenvalue weighted by Crippen LogP contribution is -1.91. The van der Waals surface area contributed by atoms with Crippen molar-refractivity contribution < 1.29 is 4.42 Å². The summed E-state index contributed by atoms with van der Waals surface area (Å²) in [5, 5.41) is 11.7. The normalized spacial score (nSPS) is 11.5. The fraction of sp³-hybridized carbons (Fsp3) is 0. The van der Waals surface area contributed by atoms with Crippen LogP contribution < -0.4 is 0 Å². The van der Waals surface area contributed by atoms with Gasteiger partial charge in [0.1, 0.15) is 16.9 Å². The summed E-state index contributed by atoms with van der Waals surface area (Å²) in [6, 6.07) is 19.8. The Labute approximate surface area is 131 Å². The zero-order chi connectivity index (χ0) is 15.2. The maximum Gasteiger partial charge on any atom is 0.139 e. The van der Waals surface area contributed by atoms with E-state index in [1.54, 1.807) is 0 Å². The molecule has 0 radical (unpaired) electrons. The van der Waals surface area contributed by atoms with Crippen LogP contribution >= 0.6 is 0 Å². The van der Waals surface area contributed by atoms with Crippen LogP contribution in [0.25, 0.3) is 44.2 Å². The Morgan fingerprint density at radius 2 is 1.57 bits per heavy atom. The Kier molecular flexibility index (Phi) is 2.46. The molecular formula is C19H11N3O. The van der Waals surface area contributed by atoms with Crippen molar-refractivity contribution in [3.8, 4) is 11.4 Å². The standard InChI is InChI=1S/C19H11N3O/c1-3-7-15-12(5-1)9-17(22-21-15)16-10-19-14(11-20-16)13-6-2-4-8-18(13)23-19/h1-11H. The van der Waals surface area contributed by atoms with Crippen molar-refractivity contribution in [1.82, 2.24) is 15.2 Å². The minimum Gasteiger partial charge on any atom is -0.456 e. The van der Waals surface area contributed by atoms with Crippen LogP contribution in [0.4, 0.5) is 0 Å². The van der Waals surface area contributed by atoms with Gasteiger partial charge in [0.05, 0.1) is 11.2 Å². The molecule has 4 nitrogen and oxygen atoms in total. The quantitative estimate of drug-likeness (QED) is 0.454. The summed E-state index contributed by atoms with van der Waals surface area (Å²) in [4.78, 5) is 4.54. The summed E-state index contributed by atoms with van der Waals surface area (Å²) >= 11 is 0. The molecule has 0 spiro atoms. The Morgan fingerprint density at radius 1 is 0.696 bits per heavy atom. The highest BCUT2D eigenvalue weighted by Crippen LogP contribution is 2.30. The van der Waals surface area contributed by atoms with Gasteiger partial charge >= 0.3 is 0 Å². The summed E-state index contributed by atoms with van der Waals surface area (Å²) in [6.45, 7) is 0. The molecule has 0 atom stereocenters. The Balaban J connectivity index is 1.73. The molecule has 0 unspecified atom stereocenters. The van der Waals surface area contributed by atoms with E-state index in [-0.39, 0.29) is 0 Å². The van der Waals surface area contributed by atoms with Gasteiger partial charge in [-0.15, -0.1) is 10.2 Å². The molecule has 5 aromatic rings. The molecule has 0 aliphatic heterocycles. The Bertz CT molecular complexity index is 1180. The molecule has 3 aromatic heterocycles. The van der Waals surface area contributed by atoms with Crippen molar-refractivity contribution in [2.24, 2.45) is 0 Å². The largest absolute Gasteiger partial charge is 0.456 e. The third-order valence-corrected chi connectivity index (χ3v) is 4.02. The van der Waals surface area contributed by atoms with Crippen LogP contribution in [0.2, 0.25) is 0 Å². The van der Waals surface area contributed by atoms with Gasteiger partial charge in [-0.25, -0.2) is 0 Å². The molecule has 0 aliphatic rings. The number of rotatable bonds is 1. The predicted molar refractivity (Wildman–Crippen MR) is 90.0 cm³/mol. The van der Waals surface area contributed by atoms with Crippen LogP contribution in [0.15, 0.2) is 71.3 Å². The van der Waals surface area contributed by atoms with Gasteiger partial charge in [0.25, 0.3) is 0 Å².